The molecule has 0 spiro atoms. The number of rotatable bonds is 3. The molecule has 1 amide bonds. The number of sulfonamides is 1. The van der Waals surface area contributed by atoms with Gasteiger partial charge in [0.15, 0.2) is 0 Å². The van der Waals surface area contributed by atoms with Crippen molar-refractivity contribution in [3.05, 3.63) is 65.2 Å². The second-order valence-electron chi connectivity index (χ2n) is 11.0. The van der Waals surface area contributed by atoms with Gasteiger partial charge in [-0.2, -0.15) is 4.98 Å². The average Bonchev–Trinajstić information content (AvgIpc) is 3.00. The van der Waals surface area contributed by atoms with Crippen LogP contribution in [-0.2, 0) is 10.0 Å². The SMILES string of the molecule is Cc1cccc(C)c1-c1cc2nc(n1)NS(=O)(=O)c1cccc(c1)C(=O)N1C[C@@H](CN(C)C[C@H]1CC(C)C)O2. The smallest absolute Gasteiger partial charge is 0.264 e. The van der Waals surface area contributed by atoms with Gasteiger partial charge in [0.05, 0.1) is 17.1 Å². The molecule has 3 aromatic rings. The first kappa shape index (κ1) is 27.1. The number of nitrogens with zero attached hydrogens (tertiary/aromatic N) is 4. The minimum Gasteiger partial charge on any atom is -0.471 e. The normalized spacial score (nSPS) is 21.2. The van der Waals surface area contributed by atoms with Crippen LogP contribution in [0.4, 0.5) is 5.95 Å². The number of nitrogens with one attached hydrogen (secondary N) is 1. The van der Waals surface area contributed by atoms with E-state index in [2.05, 4.69) is 33.4 Å². The van der Waals surface area contributed by atoms with Gasteiger partial charge in [-0.05, 0) is 62.6 Å². The highest BCUT2D eigenvalue weighted by Gasteiger charge is 2.34. The van der Waals surface area contributed by atoms with Gasteiger partial charge in [0.1, 0.15) is 6.10 Å². The molecule has 1 fully saturated rings. The zero-order valence-corrected chi connectivity index (χ0v) is 23.8. The summed E-state index contributed by atoms with van der Waals surface area (Å²) in [6.07, 6.45) is 0.432. The molecule has 3 heterocycles. The van der Waals surface area contributed by atoms with Crippen molar-refractivity contribution in [2.45, 2.75) is 51.2 Å². The molecule has 0 radical (unpaired) electrons. The number of anilines is 1. The molecule has 2 aromatic carbocycles. The minimum atomic E-state index is -4.08. The minimum absolute atomic E-state index is 0.0277. The van der Waals surface area contributed by atoms with Gasteiger partial charge in [-0.25, -0.2) is 18.1 Å². The molecule has 39 heavy (non-hydrogen) atoms. The molecule has 9 nitrogen and oxygen atoms in total. The summed E-state index contributed by atoms with van der Waals surface area (Å²) in [5, 5.41) is 0. The first-order valence-electron chi connectivity index (χ1n) is 13.2. The second-order valence-corrected chi connectivity index (χ2v) is 12.7. The van der Waals surface area contributed by atoms with Crippen molar-refractivity contribution in [3.63, 3.8) is 0 Å². The summed E-state index contributed by atoms with van der Waals surface area (Å²) in [4.78, 5) is 26.9. The number of hydrogen-bond donors (Lipinski definition) is 1. The predicted molar refractivity (Wildman–Crippen MR) is 150 cm³/mol. The van der Waals surface area contributed by atoms with Crippen molar-refractivity contribution >= 4 is 21.9 Å². The molecule has 206 valence electrons. The molecular formula is C29H35N5O4S. The highest BCUT2D eigenvalue weighted by molar-refractivity contribution is 7.92. The molecular weight excluding hydrogens is 514 g/mol. The van der Waals surface area contributed by atoms with Crippen molar-refractivity contribution in [3.8, 4) is 17.1 Å². The Morgan fingerprint density at radius 2 is 1.74 bits per heavy atom. The van der Waals surface area contributed by atoms with Gasteiger partial charge in [-0.3, -0.25) is 4.79 Å². The van der Waals surface area contributed by atoms with E-state index in [1.54, 1.807) is 18.2 Å². The first-order valence-corrected chi connectivity index (χ1v) is 14.7. The summed E-state index contributed by atoms with van der Waals surface area (Å²) in [5.41, 5.74) is 3.77. The van der Waals surface area contributed by atoms with Gasteiger partial charge in [0.25, 0.3) is 15.9 Å². The number of hydrogen-bond acceptors (Lipinski definition) is 7. The monoisotopic (exact) mass is 549 g/mol. The molecule has 2 aliphatic rings. The number of benzene rings is 2. The maximum atomic E-state index is 13.9. The van der Waals surface area contributed by atoms with Crippen LogP contribution in [0.25, 0.3) is 11.3 Å². The van der Waals surface area contributed by atoms with E-state index in [-0.39, 0.29) is 34.8 Å². The van der Waals surface area contributed by atoms with Crippen LogP contribution in [0.5, 0.6) is 5.88 Å². The summed E-state index contributed by atoms with van der Waals surface area (Å²) in [7, 11) is -2.05. The van der Waals surface area contributed by atoms with Crippen LogP contribution in [0.2, 0.25) is 0 Å². The summed E-state index contributed by atoms with van der Waals surface area (Å²) in [5.74, 6) is 0.324. The first-order chi connectivity index (χ1) is 18.5. The van der Waals surface area contributed by atoms with Gasteiger partial charge >= 0.3 is 0 Å². The number of aryl methyl sites for hydroxylation is 2. The molecule has 1 saturated heterocycles. The average molecular weight is 550 g/mol. The Balaban J connectivity index is 1.68. The van der Waals surface area contributed by atoms with Crippen molar-refractivity contribution in [2.75, 3.05) is 31.4 Å². The van der Waals surface area contributed by atoms with Gasteiger partial charge < -0.3 is 14.5 Å². The Labute approximate surface area is 230 Å². The fourth-order valence-corrected chi connectivity index (χ4v) is 6.55. The van der Waals surface area contributed by atoms with Crippen molar-refractivity contribution < 1.29 is 17.9 Å². The number of aromatic nitrogens is 2. The van der Waals surface area contributed by atoms with Crippen LogP contribution >= 0.6 is 0 Å². The van der Waals surface area contributed by atoms with E-state index in [4.69, 9.17) is 4.74 Å². The standard InChI is InChI=1S/C29H35N5O4S/c1-18(2)12-22-15-33(5)16-23-17-34(22)28(35)21-10-7-11-24(13-21)39(36,37)32-29-30-25(14-26(31-29)38-23)27-19(3)8-6-9-20(27)4/h6-11,13-14,18,22-23H,12,15-17H2,1-5H3,(H,30,31,32)/t22-,23-/m1/s1. The molecule has 1 N–H and O–H groups in total. The third-order valence-corrected chi connectivity index (χ3v) is 8.55. The molecule has 1 aromatic heterocycles. The number of likely N-dealkylation sites (N-methyl/N-ethyl adjacent to an activating group) is 1. The Kier molecular flexibility index (Phi) is 7.35. The zero-order chi connectivity index (χ0) is 27.9. The van der Waals surface area contributed by atoms with Crippen LogP contribution < -0.4 is 9.46 Å². The summed E-state index contributed by atoms with van der Waals surface area (Å²) in [6.45, 7) is 9.88. The lowest BCUT2D eigenvalue weighted by atomic mass is 10.00. The van der Waals surface area contributed by atoms with E-state index in [0.29, 0.717) is 36.8 Å². The summed E-state index contributed by atoms with van der Waals surface area (Å²) < 4.78 is 35.8. The highest BCUT2D eigenvalue weighted by atomic mass is 32.2. The zero-order valence-electron chi connectivity index (χ0n) is 23.0. The second kappa shape index (κ2) is 10.6. The van der Waals surface area contributed by atoms with E-state index in [9.17, 15) is 13.2 Å². The molecule has 0 aliphatic carbocycles. The molecule has 10 heteroatoms. The lowest BCUT2D eigenvalue weighted by Crippen LogP contribution is -2.46. The summed E-state index contributed by atoms with van der Waals surface area (Å²) >= 11 is 0. The molecule has 5 rings (SSSR count). The number of fused-ring (bicyclic) bond motifs is 6. The number of carbonyl (C=O) groups is 1. The van der Waals surface area contributed by atoms with Gasteiger partial charge in [-0.1, -0.05) is 38.1 Å². The van der Waals surface area contributed by atoms with E-state index in [0.717, 1.165) is 23.1 Å². The van der Waals surface area contributed by atoms with Gasteiger partial charge in [0.2, 0.25) is 11.8 Å². The topological polar surface area (TPSA) is 105 Å². The quantitative estimate of drug-likeness (QED) is 0.524. The van der Waals surface area contributed by atoms with Crippen LogP contribution in [0.15, 0.2) is 53.4 Å². The number of ether oxygens (including phenoxy) is 1. The maximum Gasteiger partial charge on any atom is 0.264 e. The van der Waals surface area contributed by atoms with Crippen LogP contribution in [0.1, 0.15) is 41.8 Å². The van der Waals surface area contributed by atoms with Crippen LogP contribution in [-0.4, -0.2) is 72.9 Å². The summed E-state index contributed by atoms with van der Waals surface area (Å²) in [6, 6.07) is 13.8. The third kappa shape index (κ3) is 5.77. The van der Waals surface area contributed by atoms with Gasteiger partial charge in [-0.15, -0.1) is 0 Å². The van der Waals surface area contributed by atoms with Crippen LogP contribution in [0.3, 0.4) is 0 Å². The van der Waals surface area contributed by atoms with E-state index in [1.807, 2.05) is 44.0 Å². The largest absolute Gasteiger partial charge is 0.471 e. The fourth-order valence-electron chi connectivity index (χ4n) is 5.57. The Bertz CT molecular complexity index is 1490. The highest BCUT2D eigenvalue weighted by Crippen LogP contribution is 2.31. The number of amides is 1. The van der Waals surface area contributed by atoms with E-state index < -0.39 is 10.0 Å². The van der Waals surface area contributed by atoms with Crippen molar-refractivity contribution in [1.29, 1.82) is 0 Å². The molecule has 2 atom stereocenters. The van der Waals surface area contributed by atoms with E-state index in [1.165, 1.54) is 12.1 Å². The third-order valence-electron chi connectivity index (χ3n) is 7.23. The van der Waals surface area contributed by atoms with Gasteiger partial charge in [0, 0.05) is 36.3 Å². The Morgan fingerprint density at radius 1 is 1.03 bits per heavy atom. The molecule has 0 unspecified atom stereocenters. The number of carbonyl (C=O) groups excluding carboxylic acids is 1. The molecule has 6 bridgehead atoms. The molecule has 2 aliphatic heterocycles. The Hall–Kier alpha value is -3.50. The lowest BCUT2D eigenvalue weighted by molar-refractivity contribution is 0.0584. The Morgan fingerprint density at radius 3 is 2.46 bits per heavy atom. The van der Waals surface area contributed by atoms with E-state index >= 15 is 0 Å². The van der Waals surface area contributed by atoms with Crippen molar-refractivity contribution in [2.24, 2.45) is 5.92 Å². The van der Waals surface area contributed by atoms with Crippen molar-refractivity contribution in [1.82, 2.24) is 19.8 Å². The van der Waals surface area contributed by atoms with Crippen LogP contribution in [0, 0.1) is 19.8 Å². The maximum absolute atomic E-state index is 13.9. The molecule has 0 saturated carbocycles. The lowest BCUT2D eigenvalue weighted by Gasteiger charge is -2.33. The predicted octanol–water partition coefficient (Wildman–Crippen LogP) is 4.12. The fraction of sp³-hybridized carbons (Fsp3) is 0.414.